The summed E-state index contributed by atoms with van der Waals surface area (Å²) in [6.07, 6.45) is -3.43. The van der Waals surface area contributed by atoms with Crippen LogP contribution in [0.4, 0.5) is 16.2 Å². The third-order valence-electron chi connectivity index (χ3n) is 6.04. The summed E-state index contributed by atoms with van der Waals surface area (Å²) in [4.78, 5) is 37.6. The van der Waals surface area contributed by atoms with E-state index in [1.165, 1.54) is 17.8 Å². The smallest absolute Gasteiger partial charge is 0.338 e. The van der Waals surface area contributed by atoms with E-state index in [0.717, 1.165) is 0 Å². The summed E-state index contributed by atoms with van der Waals surface area (Å²) in [7, 11) is 0. The summed E-state index contributed by atoms with van der Waals surface area (Å²) in [5, 5.41) is 0. The van der Waals surface area contributed by atoms with Crippen LogP contribution in [0.15, 0.2) is 67.0 Å². The maximum Gasteiger partial charge on any atom is 0.338 e. The number of rotatable bonds is 6. The van der Waals surface area contributed by atoms with Crippen molar-refractivity contribution >= 4 is 34.9 Å². The Kier molecular flexibility index (Phi) is 6.17. The lowest BCUT2D eigenvalue weighted by molar-refractivity contribution is -0.120. The maximum absolute atomic E-state index is 16.1. The van der Waals surface area contributed by atoms with Gasteiger partial charge in [0.15, 0.2) is 30.0 Å². The fourth-order valence-electron chi connectivity index (χ4n) is 4.18. The fourth-order valence-corrected chi connectivity index (χ4v) is 4.18. The van der Waals surface area contributed by atoms with Crippen molar-refractivity contribution in [3.8, 4) is 0 Å². The van der Waals surface area contributed by atoms with Crippen molar-refractivity contribution in [1.82, 2.24) is 19.5 Å². The third-order valence-corrected chi connectivity index (χ3v) is 6.04. The van der Waals surface area contributed by atoms with Crippen molar-refractivity contribution in [2.75, 3.05) is 18.1 Å². The normalized spacial score (nSPS) is 23.1. The number of halogens is 1. The summed E-state index contributed by atoms with van der Waals surface area (Å²) in [5.41, 5.74) is 10.9. The second-order valence-corrected chi connectivity index (χ2v) is 8.69. The Bertz CT molecular complexity index is 1450. The van der Waals surface area contributed by atoms with Gasteiger partial charge in [-0.3, -0.25) is 4.57 Å². The lowest BCUT2D eigenvalue weighted by atomic mass is 9.98. The molecule has 1 aliphatic heterocycles. The number of imidazole rings is 1. The molecule has 0 aliphatic carbocycles. The number of nitrogens with zero attached hydrogens (tertiary/aromatic N) is 4. The van der Waals surface area contributed by atoms with Crippen LogP contribution in [0.5, 0.6) is 0 Å². The van der Waals surface area contributed by atoms with Crippen LogP contribution in [-0.2, 0) is 14.2 Å². The van der Waals surface area contributed by atoms with Crippen LogP contribution in [0.2, 0.25) is 0 Å². The van der Waals surface area contributed by atoms with Gasteiger partial charge in [-0.1, -0.05) is 36.4 Å². The van der Waals surface area contributed by atoms with Crippen LogP contribution < -0.4 is 11.5 Å². The molecule has 0 amide bonds. The molecule has 0 saturated carbocycles. The van der Waals surface area contributed by atoms with Crippen LogP contribution in [0.25, 0.3) is 11.2 Å². The molecule has 0 bridgehead atoms. The van der Waals surface area contributed by atoms with Gasteiger partial charge in [-0.15, -0.1) is 0 Å². The first kappa shape index (κ1) is 24.1. The minimum atomic E-state index is -1.90. The van der Waals surface area contributed by atoms with Gasteiger partial charge >= 0.3 is 11.9 Å². The highest BCUT2D eigenvalue weighted by atomic mass is 19.1. The molecule has 37 heavy (non-hydrogen) atoms. The number of aromatic nitrogens is 4. The number of esters is 2. The first-order chi connectivity index (χ1) is 17.8. The van der Waals surface area contributed by atoms with E-state index in [4.69, 9.17) is 25.7 Å². The highest BCUT2D eigenvalue weighted by Crippen LogP contribution is 2.42. The van der Waals surface area contributed by atoms with Crippen molar-refractivity contribution in [1.29, 1.82) is 0 Å². The van der Waals surface area contributed by atoms with E-state index < -0.39 is 42.7 Å². The molecule has 12 heteroatoms. The quantitative estimate of drug-likeness (QED) is 0.373. The van der Waals surface area contributed by atoms with Gasteiger partial charge in [-0.05, 0) is 31.2 Å². The molecule has 4 aromatic rings. The standard InChI is InChI=1S/C25H23FN6O5/c1-25(12-35-22(33)14-8-4-2-5-9-14)18(36-23(34)15-10-6-3-7-11-15)16(26)21(37-25)32-13-29-17-19(27)30-24(28)31-20(17)32/h2-11,13,16,18,21H,12H2,1H3,(H4,27,28,30,31)/t16-,18+,21-,25-/m1/s1. The molecule has 1 fully saturated rings. The average Bonchev–Trinajstić information content (AvgIpc) is 3.43. The number of carbonyl (C=O) groups excluding carboxylic acids is 2. The van der Waals surface area contributed by atoms with Gasteiger partial charge in [0.1, 0.15) is 17.7 Å². The van der Waals surface area contributed by atoms with Crippen LogP contribution in [0.1, 0.15) is 33.9 Å². The number of benzene rings is 2. The Morgan fingerprint density at radius 3 is 2.30 bits per heavy atom. The minimum absolute atomic E-state index is 0.0151. The molecular weight excluding hydrogens is 483 g/mol. The molecule has 1 aliphatic rings. The van der Waals surface area contributed by atoms with Gasteiger partial charge in [-0.2, -0.15) is 9.97 Å². The Morgan fingerprint density at radius 1 is 1.03 bits per heavy atom. The lowest BCUT2D eigenvalue weighted by Crippen LogP contribution is -2.46. The first-order valence-corrected chi connectivity index (χ1v) is 11.3. The van der Waals surface area contributed by atoms with Gasteiger partial charge in [-0.25, -0.2) is 19.0 Å². The van der Waals surface area contributed by atoms with Crippen molar-refractivity contribution in [3.05, 3.63) is 78.1 Å². The van der Waals surface area contributed by atoms with Gasteiger partial charge in [0.25, 0.3) is 0 Å². The van der Waals surface area contributed by atoms with Crippen molar-refractivity contribution in [2.24, 2.45) is 0 Å². The predicted octanol–water partition coefficient (Wildman–Crippen LogP) is 2.70. The molecule has 3 heterocycles. The fraction of sp³-hybridized carbons (Fsp3) is 0.240. The van der Waals surface area contributed by atoms with Crippen molar-refractivity contribution in [2.45, 2.75) is 31.0 Å². The third kappa shape index (κ3) is 4.54. The number of ether oxygens (including phenoxy) is 3. The minimum Gasteiger partial charge on any atom is -0.459 e. The van der Waals surface area contributed by atoms with E-state index in [9.17, 15) is 9.59 Å². The van der Waals surface area contributed by atoms with E-state index in [1.54, 1.807) is 60.7 Å². The van der Waals surface area contributed by atoms with E-state index in [0.29, 0.717) is 5.56 Å². The van der Waals surface area contributed by atoms with Gasteiger partial charge in [0, 0.05) is 0 Å². The van der Waals surface area contributed by atoms with Crippen molar-refractivity contribution < 1.29 is 28.2 Å². The molecule has 11 nitrogen and oxygen atoms in total. The number of carbonyl (C=O) groups is 2. The zero-order chi connectivity index (χ0) is 26.2. The summed E-state index contributed by atoms with van der Waals surface area (Å²) in [6, 6.07) is 16.4. The van der Waals surface area contributed by atoms with E-state index in [1.807, 2.05) is 0 Å². The molecule has 2 aromatic carbocycles. The van der Waals surface area contributed by atoms with E-state index in [2.05, 4.69) is 15.0 Å². The van der Waals surface area contributed by atoms with Crippen LogP contribution >= 0.6 is 0 Å². The van der Waals surface area contributed by atoms with Crippen molar-refractivity contribution in [3.63, 3.8) is 0 Å². The topological polar surface area (TPSA) is 157 Å². The molecule has 1 saturated heterocycles. The van der Waals surface area contributed by atoms with Crippen LogP contribution in [-0.4, -0.2) is 55.9 Å². The highest BCUT2D eigenvalue weighted by Gasteiger charge is 2.57. The number of hydrogen-bond donors (Lipinski definition) is 2. The molecule has 2 aromatic heterocycles. The zero-order valence-corrected chi connectivity index (χ0v) is 19.7. The van der Waals surface area contributed by atoms with Crippen LogP contribution in [0, 0.1) is 0 Å². The molecule has 190 valence electrons. The molecule has 5 rings (SSSR count). The van der Waals surface area contributed by atoms with Gasteiger partial charge < -0.3 is 25.7 Å². The largest absolute Gasteiger partial charge is 0.459 e. The van der Waals surface area contributed by atoms with Crippen LogP contribution in [0.3, 0.4) is 0 Å². The molecule has 4 N–H and O–H groups in total. The molecule has 0 unspecified atom stereocenters. The molecular formula is C25H23FN6O5. The molecule has 4 atom stereocenters. The Labute approximate surface area is 210 Å². The van der Waals surface area contributed by atoms with E-state index >= 15 is 4.39 Å². The van der Waals surface area contributed by atoms with Gasteiger partial charge in [0.2, 0.25) is 5.95 Å². The Morgan fingerprint density at radius 2 is 1.65 bits per heavy atom. The highest BCUT2D eigenvalue weighted by molar-refractivity contribution is 5.90. The number of fused-ring (bicyclic) bond motifs is 1. The molecule has 0 radical (unpaired) electrons. The lowest BCUT2D eigenvalue weighted by Gasteiger charge is -2.29. The number of anilines is 2. The second-order valence-electron chi connectivity index (χ2n) is 8.69. The monoisotopic (exact) mass is 506 g/mol. The zero-order valence-electron chi connectivity index (χ0n) is 19.7. The van der Waals surface area contributed by atoms with E-state index in [-0.39, 0.29) is 28.5 Å². The summed E-state index contributed by atoms with van der Waals surface area (Å²) in [6.45, 7) is 1.09. The maximum atomic E-state index is 16.1. The summed E-state index contributed by atoms with van der Waals surface area (Å²) >= 11 is 0. The Hall–Kier alpha value is -4.58. The Balaban J connectivity index is 1.47. The number of alkyl halides is 1. The predicted molar refractivity (Wildman–Crippen MR) is 130 cm³/mol. The average molecular weight is 506 g/mol. The van der Waals surface area contributed by atoms with Gasteiger partial charge in [0.05, 0.1) is 17.5 Å². The number of nitrogens with two attached hydrogens (primary N) is 2. The molecule has 0 spiro atoms. The summed E-state index contributed by atoms with van der Waals surface area (Å²) < 4.78 is 34.5. The SMILES string of the molecule is C[C@]1(COC(=O)c2ccccc2)O[C@@H](n2cnc3c(N)nc(N)nc32)[C@H](F)[C@@H]1OC(=O)c1ccccc1. The second kappa shape index (κ2) is 9.47. The number of hydrogen-bond acceptors (Lipinski definition) is 10. The number of nitrogen functional groups attached to an aromatic ring is 2. The summed E-state index contributed by atoms with van der Waals surface area (Å²) in [5.74, 6) is -1.52. The first-order valence-electron chi connectivity index (χ1n) is 11.3.